The van der Waals surface area contributed by atoms with Crippen molar-refractivity contribution in [2.75, 3.05) is 27.3 Å². The molecule has 6 atom stereocenters. The molecular weight excluding hydrogens is 1870 g/mol. The second kappa shape index (κ2) is 58.5. The average Bonchev–Trinajstić information content (AvgIpc) is 1.66. The Labute approximate surface area is 889 Å². The summed E-state index contributed by atoms with van der Waals surface area (Å²) in [6.45, 7) is 30.2. The number of aromatic nitrogens is 12. The highest BCUT2D eigenvalue weighted by Crippen LogP contribution is 2.42. The normalized spacial score (nSPS) is 16.2. The van der Waals surface area contributed by atoms with Crippen molar-refractivity contribution in [1.29, 1.82) is 0 Å². The molecule has 6 fully saturated rings. The van der Waals surface area contributed by atoms with E-state index in [9.17, 15) is 19.2 Å². The molecule has 2 aliphatic heterocycles. The molecule has 4 aliphatic carbocycles. The molecule has 14 N–H and O–H groups in total. The zero-order valence-corrected chi connectivity index (χ0v) is 91.2. The van der Waals surface area contributed by atoms with Gasteiger partial charge in [-0.25, -0.2) is 39.5 Å². The molecule has 14 aromatic rings. The van der Waals surface area contributed by atoms with Crippen LogP contribution >= 0.6 is 0 Å². The maximum Gasteiger partial charge on any atom is 0.407 e. The second-order valence-electron chi connectivity index (χ2n) is 40.9. The minimum Gasteiger partial charge on any atom is -0.445 e. The number of ether oxygens (including phenoxy) is 2. The number of nitrogens with zero attached hydrogens (tertiary/aromatic N) is 8. The molecule has 8 aromatic carbocycles. The van der Waals surface area contributed by atoms with Gasteiger partial charge in [0, 0.05) is 63.1 Å². The van der Waals surface area contributed by atoms with Crippen molar-refractivity contribution in [3.63, 3.8) is 0 Å². The van der Waals surface area contributed by atoms with E-state index in [2.05, 4.69) is 244 Å². The van der Waals surface area contributed by atoms with Crippen molar-refractivity contribution in [3.8, 4) is 101 Å². The lowest BCUT2D eigenvalue weighted by atomic mass is 10.0. The monoisotopic (exact) mass is 2030 g/mol. The topological polar surface area (TPSA) is 382 Å². The number of aliphatic hydroxyl groups is 2. The lowest BCUT2D eigenvalue weighted by molar-refractivity contribution is -0.135. The maximum absolute atomic E-state index is 12.9. The van der Waals surface area contributed by atoms with E-state index in [-0.39, 0.29) is 60.0 Å². The molecule has 8 heterocycles. The first-order valence-corrected chi connectivity index (χ1v) is 54.9. The van der Waals surface area contributed by atoms with Gasteiger partial charge in [0.25, 0.3) is 0 Å². The number of nitrogens with two attached hydrogens (primary N) is 2. The highest BCUT2D eigenvalue weighted by atomic mass is 16.6. The number of rotatable bonds is 27. The molecule has 0 bridgehead atoms. The van der Waals surface area contributed by atoms with Crippen molar-refractivity contribution in [3.05, 3.63) is 290 Å². The number of imidazole rings is 6. The van der Waals surface area contributed by atoms with Crippen LogP contribution in [0.1, 0.15) is 307 Å². The number of likely N-dealkylation sites (tertiary alicyclic amines) is 2. The van der Waals surface area contributed by atoms with Gasteiger partial charge in [-0.2, -0.15) is 0 Å². The Balaban J connectivity index is 0.000000170. The quantitative estimate of drug-likeness (QED) is 0.0228. The van der Waals surface area contributed by atoms with Crippen LogP contribution in [0.15, 0.2) is 243 Å². The molecule has 4 saturated carbocycles. The van der Waals surface area contributed by atoms with Crippen molar-refractivity contribution < 1.29 is 38.9 Å². The second-order valence-corrected chi connectivity index (χ2v) is 40.9. The number of aromatic amines is 6. The van der Waals surface area contributed by atoms with Gasteiger partial charge in [0.1, 0.15) is 48.2 Å². The van der Waals surface area contributed by atoms with Crippen molar-refractivity contribution in [1.82, 2.24) is 80.2 Å². The molecule has 150 heavy (non-hydrogen) atoms. The Morgan fingerprint density at radius 2 is 0.493 bits per heavy atom. The van der Waals surface area contributed by atoms with Gasteiger partial charge in [-0.15, -0.1) is 0 Å². The number of H-pyrrole nitrogens is 6. The fourth-order valence-corrected chi connectivity index (χ4v) is 19.7. The van der Waals surface area contributed by atoms with Crippen LogP contribution in [0, 0.1) is 23.7 Å². The summed E-state index contributed by atoms with van der Waals surface area (Å²) in [7, 11) is 2.00. The average molecular weight is 2030 g/mol. The van der Waals surface area contributed by atoms with Gasteiger partial charge in [-0.1, -0.05) is 341 Å². The van der Waals surface area contributed by atoms with Crippen molar-refractivity contribution in [2.24, 2.45) is 35.1 Å². The van der Waals surface area contributed by atoms with E-state index in [0.29, 0.717) is 48.7 Å². The third-order valence-electron chi connectivity index (χ3n) is 29.5. The van der Waals surface area contributed by atoms with E-state index in [0.717, 1.165) is 167 Å². The van der Waals surface area contributed by atoms with Gasteiger partial charge in [-0.3, -0.25) is 9.59 Å². The Bertz CT molecular complexity index is 5920. The summed E-state index contributed by atoms with van der Waals surface area (Å²) in [5.74, 6) is 9.74. The van der Waals surface area contributed by atoms with Crippen LogP contribution in [0.2, 0.25) is 0 Å². The van der Waals surface area contributed by atoms with Crippen LogP contribution < -0.4 is 22.1 Å². The van der Waals surface area contributed by atoms with E-state index in [1.54, 1.807) is 0 Å². The Morgan fingerprint density at radius 3 is 0.700 bits per heavy atom. The lowest BCUT2D eigenvalue weighted by Gasteiger charge is -2.27. The summed E-state index contributed by atoms with van der Waals surface area (Å²) >= 11 is 0. The highest BCUT2D eigenvalue weighted by molar-refractivity contribution is 5.84. The molecule has 26 heteroatoms. The number of amides is 4. The summed E-state index contributed by atoms with van der Waals surface area (Å²) in [6, 6.07) is 70.5. The highest BCUT2D eigenvalue weighted by Gasteiger charge is 2.38. The van der Waals surface area contributed by atoms with E-state index in [1.807, 2.05) is 177 Å². The van der Waals surface area contributed by atoms with Gasteiger partial charge >= 0.3 is 12.2 Å². The molecule has 26 nitrogen and oxygen atoms in total. The Hall–Kier alpha value is -13.7. The summed E-state index contributed by atoms with van der Waals surface area (Å²) < 4.78 is 10.2. The maximum atomic E-state index is 12.9. The predicted octanol–water partition coefficient (Wildman–Crippen LogP) is 27.5. The molecular formula is C124H164N18O8. The van der Waals surface area contributed by atoms with E-state index in [1.165, 1.54) is 136 Å². The molecule has 6 aliphatic rings. The number of carbonyl (C=O) groups is 4. The first kappa shape index (κ1) is 115. The Morgan fingerprint density at radius 1 is 0.293 bits per heavy atom. The molecule has 798 valence electrons. The van der Waals surface area contributed by atoms with Gasteiger partial charge in [-0.05, 0) is 192 Å². The van der Waals surface area contributed by atoms with Gasteiger partial charge in [0.05, 0.1) is 95.5 Å². The van der Waals surface area contributed by atoms with Crippen LogP contribution in [0.5, 0.6) is 0 Å². The number of carbonyl (C=O) groups excluding carboxylic acids is 4. The fourth-order valence-electron chi connectivity index (χ4n) is 19.7. The standard InChI is InChI=1S/2C32H38N6O.C28H30N4.2C13H19NO2.2C2H6.2CH4O/c2*1-20(2)29(33)32(39)38-17-5-8-28(38)31-35-19-27(37-31)24-15-11-22(12-16-24)21-9-13-23(14-10-21)26-18-34-30(36-26)25-6-3-4-7-25;1-2-6-23(5-1)27-29-17-25(31-27)21-13-9-19(10-14-21)20-11-15-22(16-12-20)26-18-30-28(32-26)24-7-3-4-8-24;2*1-10(2)11(3)14-13(15)16-9-12-7-5-4-6-8-12;4*1-2/h2*9-16,18-20,25,28-29H,3-8,17,33H2,1-2H3,(H,34,36)(H,35,37);9-18,23-24H,1-8H2,(H,29,31)(H,30,32);2*4-8,10-11H,9H2,1-3H3,(H,14,15);2*1-2H3;2*2H,1H3/t28-,29+;28-,29-;;2*11-;;;;/m00.10..../s1. The van der Waals surface area contributed by atoms with Crippen LogP contribution in [-0.2, 0) is 32.3 Å². The molecule has 4 amide bonds. The van der Waals surface area contributed by atoms with E-state index < -0.39 is 12.1 Å². The van der Waals surface area contributed by atoms with Gasteiger partial charge < -0.3 is 81.5 Å². The van der Waals surface area contributed by atoms with Crippen LogP contribution in [-0.4, -0.2) is 155 Å². The van der Waals surface area contributed by atoms with Crippen molar-refractivity contribution >= 4 is 24.0 Å². The number of alkyl carbamates (subject to hydrolysis) is 2. The molecule has 0 spiro atoms. The summed E-state index contributed by atoms with van der Waals surface area (Å²) in [5.41, 5.74) is 34.6. The number of hydrogen-bond donors (Lipinski definition) is 12. The molecule has 0 radical (unpaired) electrons. The number of hydrogen-bond acceptors (Lipinski definition) is 16. The first-order valence-electron chi connectivity index (χ1n) is 54.9. The third kappa shape index (κ3) is 31.7. The number of benzene rings is 8. The van der Waals surface area contributed by atoms with Gasteiger partial charge in [0.15, 0.2) is 0 Å². The zero-order valence-electron chi connectivity index (χ0n) is 91.2. The molecule has 20 rings (SSSR count). The summed E-state index contributed by atoms with van der Waals surface area (Å²) in [6.07, 6.45) is 35.3. The largest absolute Gasteiger partial charge is 0.445 e. The smallest absolute Gasteiger partial charge is 0.407 e. The van der Waals surface area contributed by atoms with E-state index in [4.69, 9.17) is 31.2 Å². The van der Waals surface area contributed by atoms with Crippen molar-refractivity contribution in [2.45, 2.75) is 298 Å². The molecule has 0 unspecified atom stereocenters. The summed E-state index contributed by atoms with van der Waals surface area (Å²) in [5, 5.41) is 19.6. The molecule has 2 saturated heterocycles. The molecule has 6 aromatic heterocycles. The first-order chi connectivity index (χ1) is 73.0. The lowest BCUT2D eigenvalue weighted by Crippen LogP contribution is -2.46. The fraction of sp³-hybridized carbons (Fsp3) is 0.435. The number of aliphatic hydroxyl groups excluding tert-OH is 2. The third-order valence-corrected chi connectivity index (χ3v) is 29.5. The zero-order chi connectivity index (χ0) is 107. The Kier molecular flexibility index (Phi) is 44.9. The minimum absolute atomic E-state index is 0.0163. The van der Waals surface area contributed by atoms with E-state index >= 15 is 0 Å². The van der Waals surface area contributed by atoms with Crippen LogP contribution in [0.25, 0.3) is 101 Å². The van der Waals surface area contributed by atoms with Crippen LogP contribution in [0.3, 0.4) is 0 Å². The summed E-state index contributed by atoms with van der Waals surface area (Å²) in [4.78, 5) is 102. The van der Waals surface area contributed by atoms with Gasteiger partial charge in [0.2, 0.25) is 11.8 Å². The predicted molar refractivity (Wildman–Crippen MR) is 606 cm³/mol. The minimum atomic E-state index is -0.476. The SMILES string of the molecule is CC.CC.CC(C)[C@@H](C)NC(=O)OCc1ccccc1.CC(C)[C@@H](N)C(=O)N1CCC[C@H]1c1ncc(-c2ccc(-c3ccc(-c4cnc(C5CCCC5)[nH]4)cc3)cc2)[nH]1.CC(C)[C@H](C)NC(=O)OCc1ccccc1.CC(C)[C@H](N)C(=O)N1CCC[C@H]1c1ncc(-c2ccc(-c3ccc(-c4cnc(C5CCCC5)[nH]4)cc3)cc2)[nH]1.CO.CO.c1cc(-c2cnc(C3CCCC3)[nH]2)ccc1-c1ccc(-c2cnc(C3CCCC3)[nH]2)cc1. The van der Waals surface area contributed by atoms with Crippen LogP contribution in [0.4, 0.5) is 9.59 Å². The number of nitrogens with one attached hydrogen (secondary N) is 8.